The summed E-state index contributed by atoms with van der Waals surface area (Å²) in [6, 6.07) is 14.1. The first-order chi connectivity index (χ1) is 15.0. The number of Topliss-reactive ketones (excluding diaryl/α,β-unsaturated/α-hetero) is 1. The molecule has 31 heavy (non-hydrogen) atoms. The van der Waals surface area contributed by atoms with E-state index in [2.05, 4.69) is 36.5 Å². The van der Waals surface area contributed by atoms with Crippen LogP contribution in [-0.2, 0) is 16.0 Å². The van der Waals surface area contributed by atoms with Crippen molar-refractivity contribution < 1.29 is 19.1 Å². The second kappa shape index (κ2) is 8.96. The van der Waals surface area contributed by atoms with E-state index in [1.54, 1.807) is 7.11 Å². The first-order valence-corrected chi connectivity index (χ1v) is 11.0. The highest BCUT2D eigenvalue weighted by Gasteiger charge is 2.38. The lowest BCUT2D eigenvalue weighted by Gasteiger charge is -2.34. The number of rotatable bonds is 6. The van der Waals surface area contributed by atoms with Gasteiger partial charge in [-0.1, -0.05) is 37.3 Å². The lowest BCUT2D eigenvalue weighted by Crippen LogP contribution is -2.38. The maximum atomic E-state index is 13.3. The van der Waals surface area contributed by atoms with Gasteiger partial charge < -0.3 is 14.8 Å². The third kappa shape index (κ3) is 4.22. The molecule has 4 rings (SSSR count). The number of aryl methyl sites for hydroxylation is 1. The van der Waals surface area contributed by atoms with Gasteiger partial charge in [-0.2, -0.15) is 0 Å². The molecule has 0 fully saturated rings. The Hall–Kier alpha value is -3.08. The Bertz CT molecular complexity index is 1020. The number of ether oxygens (including phenoxy) is 2. The van der Waals surface area contributed by atoms with Crippen LogP contribution in [0.25, 0.3) is 0 Å². The van der Waals surface area contributed by atoms with E-state index in [0.717, 1.165) is 28.8 Å². The van der Waals surface area contributed by atoms with Crippen LogP contribution < -0.4 is 14.8 Å². The zero-order chi connectivity index (χ0) is 22.0. The maximum absolute atomic E-state index is 13.3. The van der Waals surface area contributed by atoms with Crippen LogP contribution >= 0.6 is 0 Å². The zero-order valence-electron chi connectivity index (χ0n) is 18.4. The number of carbonyl (C=O) groups excluding carboxylic acids is 2. The highest BCUT2D eigenvalue weighted by molar-refractivity contribution is 6.02. The summed E-state index contributed by atoms with van der Waals surface area (Å²) in [5.41, 5.74) is 4.85. The Morgan fingerprint density at radius 2 is 1.68 bits per heavy atom. The Labute approximate surface area is 183 Å². The quantitative estimate of drug-likeness (QED) is 0.740. The summed E-state index contributed by atoms with van der Waals surface area (Å²) >= 11 is 0. The van der Waals surface area contributed by atoms with Crippen molar-refractivity contribution in [3.63, 3.8) is 0 Å². The first kappa shape index (κ1) is 21.2. The van der Waals surface area contributed by atoms with Crippen molar-refractivity contribution in [2.45, 2.75) is 51.4 Å². The van der Waals surface area contributed by atoms with Crippen molar-refractivity contribution in [1.29, 1.82) is 0 Å². The summed E-state index contributed by atoms with van der Waals surface area (Å²) < 4.78 is 11.1. The van der Waals surface area contributed by atoms with Crippen LogP contribution in [0.2, 0.25) is 0 Å². The fraction of sp³-hybridized carbons (Fsp3) is 0.385. The summed E-state index contributed by atoms with van der Waals surface area (Å²) in [6.45, 7) is 4.60. The number of amides is 1. The van der Waals surface area contributed by atoms with Gasteiger partial charge in [0, 0.05) is 30.0 Å². The SMILES string of the molecule is CCOc1ccc(C2CC(=O)C3=C(C2)NC(=O)CC3c2ccc(CC)cc2)cc1OC. The molecule has 0 radical (unpaired) electrons. The molecule has 2 aromatic carbocycles. The van der Waals surface area contributed by atoms with Crippen molar-refractivity contribution in [3.05, 3.63) is 70.4 Å². The molecule has 0 bridgehead atoms. The van der Waals surface area contributed by atoms with Gasteiger partial charge in [-0.15, -0.1) is 0 Å². The second-order valence-corrected chi connectivity index (χ2v) is 8.16. The zero-order valence-corrected chi connectivity index (χ0v) is 18.4. The minimum Gasteiger partial charge on any atom is -0.493 e. The number of ketones is 1. The fourth-order valence-corrected chi connectivity index (χ4v) is 4.68. The van der Waals surface area contributed by atoms with Crippen LogP contribution in [0.15, 0.2) is 53.7 Å². The lowest BCUT2D eigenvalue weighted by molar-refractivity contribution is -0.122. The average Bonchev–Trinajstić information content (AvgIpc) is 2.78. The van der Waals surface area contributed by atoms with Crippen molar-refractivity contribution in [2.75, 3.05) is 13.7 Å². The Morgan fingerprint density at radius 1 is 0.935 bits per heavy atom. The molecule has 2 unspecified atom stereocenters. The van der Waals surface area contributed by atoms with Gasteiger partial charge in [-0.05, 0) is 54.5 Å². The van der Waals surface area contributed by atoms with Gasteiger partial charge in [-0.3, -0.25) is 9.59 Å². The largest absolute Gasteiger partial charge is 0.493 e. The molecule has 1 amide bonds. The van der Waals surface area contributed by atoms with Gasteiger partial charge in [0.1, 0.15) is 0 Å². The van der Waals surface area contributed by atoms with Crippen LogP contribution in [0, 0.1) is 0 Å². The molecule has 1 aliphatic carbocycles. The predicted molar refractivity (Wildman–Crippen MR) is 119 cm³/mol. The number of benzene rings is 2. The molecule has 1 N–H and O–H groups in total. The standard InChI is InChI=1S/C26H29NO4/c1-4-16-6-8-17(9-7-16)20-15-25(29)27-21-12-19(13-22(28)26(20)21)18-10-11-23(31-5-2)24(14-18)30-3/h6-11,14,19-20H,4-5,12-13,15H2,1-3H3,(H,27,29). The number of hydrogen-bond donors (Lipinski definition) is 1. The van der Waals surface area contributed by atoms with Gasteiger partial charge in [-0.25, -0.2) is 0 Å². The lowest BCUT2D eigenvalue weighted by atomic mass is 9.73. The molecule has 2 aliphatic rings. The van der Waals surface area contributed by atoms with E-state index in [1.807, 2.05) is 25.1 Å². The van der Waals surface area contributed by atoms with E-state index >= 15 is 0 Å². The number of nitrogens with one attached hydrogen (secondary N) is 1. The van der Waals surface area contributed by atoms with Gasteiger partial charge in [0.05, 0.1) is 13.7 Å². The molecule has 1 aliphatic heterocycles. The molecule has 1 heterocycles. The summed E-state index contributed by atoms with van der Waals surface area (Å²) in [4.78, 5) is 25.8. The summed E-state index contributed by atoms with van der Waals surface area (Å²) in [7, 11) is 1.62. The number of allylic oxidation sites excluding steroid dienone is 2. The van der Waals surface area contributed by atoms with E-state index in [9.17, 15) is 9.59 Å². The molecule has 2 atom stereocenters. The number of methoxy groups -OCH3 is 1. The smallest absolute Gasteiger partial charge is 0.225 e. The monoisotopic (exact) mass is 419 g/mol. The van der Waals surface area contributed by atoms with Crippen molar-refractivity contribution in [3.8, 4) is 11.5 Å². The van der Waals surface area contributed by atoms with Crippen molar-refractivity contribution in [1.82, 2.24) is 5.32 Å². The van der Waals surface area contributed by atoms with E-state index in [0.29, 0.717) is 37.4 Å². The third-order valence-corrected chi connectivity index (χ3v) is 6.29. The average molecular weight is 420 g/mol. The molecule has 0 saturated carbocycles. The van der Waals surface area contributed by atoms with Gasteiger partial charge in [0.25, 0.3) is 0 Å². The van der Waals surface area contributed by atoms with Crippen LogP contribution in [-0.4, -0.2) is 25.4 Å². The number of carbonyl (C=O) groups is 2. The molecule has 5 heteroatoms. The van der Waals surface area contributed by atoms with Gasteiger partial charge >= 0.3 is 0 Å². The van der Waals surface area contributed by atoms with Crippen LogP contribution in [0.4, 0.5) is 0 Å². The van der Waals surface area contributed by atoms with E-state index < -0.39 is 0 Å². The molecule has 2 aromatic rings. The molecular formula is C26H29NO4. The Morgan fingerprint density at radius 3 is 2.35 bits per heavy atom. The van der Waals surface area contributed by atoms with Crippen molar-refractivity contribution in [2.24, 2.45) is 0 Å². The minimum absolute atomic E-state index is 0.00246. The molecule has 0 spiro atoms. The third-order valence-electron chi connectivity index (χ3n) is 6.29. The highest BCUT2D eigenvalue weighted by Crippen LogP contribution is 2.43. The normalized spacial score (nSPS) is 20.9. The topological polar surface area (TPSA) is 64.6 Å². The van der Waals surface area contributed by atoms with Crippen LogP contribution in [0.1, 0.15) is 61.6 Å². The van der Waals surface area contributed by atoms with E-state index in [4.69, 9.17) is 9.47 Å². The first-order valence-electron chi connectivity index (χ1n) is 11.0. The summed E-state index contributed by atoms with van der Waals surface area (Å²) in [5.74, 6) is 1.27. The van der Waals surface area contributed by atoms with Gasteiger partial charge in [0.15, 0.2) is 17.3 Å². The minimum atomic E-state index is -0.169. The highest BCUT2D eigenvalue weighted by atomic mass is 16.5. The summed E-state index contributed by atoms with van der Waals surface area (Å²) in [6.07, 6.45) is 2.34. The molecule has 162 valence electrons. The fourth-order valence-electron chi connectivity index (χ4n) is 4.68. The number of hydrogen-bond acceptors (Lipinski definition) is 4. The van der Waals surface area contributed by atoms with Crippen LogP contribution in [0.3, 0.4) is 0 Å². The molecule has 0 aromatic heterocycles. The second-order valence-electron chi connectivity index (χ2n) is 8.16. The maximum Gasteiger partial charge on any atom is 0.225 e. The van der Waals surface area contributed by atoms with Gasteiger partial charge in [0.2, 0.25) is 5.91 Å². The Balaban J connectivity index is 1.65. The molecule has 5 nitrogen and oxygen atoms in total. The summed E-state index contributed by atoms with van der Waals surface area (Å²) in [5, 5.41) is 2.99. The van der Waals surface area contributed by atoms with E-state index in [1.165, 1.54) is 5.56 Å². The van der Waals surface area contributed by atoms with Crippen LogP contribution in [0.5, 0.6) is 11.5 Å². The van der Waals surface area contributed by atoms with E-state index in [-0.39, 0.29) is 23.5 Å². The predicted octanol–water partition coefficient (Wildman–Crippen LogP) is 4.66. The van der Waals surface area contributed by atoms with Crippen molar-refractivity contribution >= 4 is 11.7 Å². The molecular weight excluding hydrogens is 390 g/mol. The Kier molecular flexibility index (Phi) is 6.12. The molecule has 0 saturated heterocycles.